The Bertz CT molecular complexity index is 201. The third-order valence-electron chi connectivity index (χ3n) is 3.02. The Balaban J connectivity index is 1.94. The summed E-state index contributed by atoms with van der Waals surface area (Å²) in [6.07, 6.45) is 6.36. The molecular weight excluding hydrogens is 192 g/mol. The minimum Gasteiger partial charge on any atom is -0.389 e. The first-order valence-electron chi connectivity index (χ1n) is 5.84. The molecular formula is C11H22N2O2. The molecule has 0 aromatic rings. The number of hydrogen-bond acceptors (Lipinski definition) is 3. The average molecular weight is 214 g/mol. The molecule has 15 heavy (non-hydrogen) atoms. The van der Waals surface area contributed by atoms with Crippen LogP contribution >= 0.6 is 0 Å². The van der Waals surface area contributed by atoms with E-state index in [1.54, 1.807) is 0 Å². The standard InChI is InChI=1S/C11H22N2O2/c12-10(14)5-1-4-8-13-9-11(15)6-2-3-7-11/h13,15H,1-9H2,(H2,12,14). The van der Waals surface area contributed by atoms with Crippen LogP contribution < -0.4 is 11.1 Å². The smallest absolute Gasteiger partial charge is 0.217 e. The number of nitrogens with one attached hydrogen (secondary N) is 1. The fraction of sp³-hybridized carbons (Fsp3) is 0.909. The number of carbonyl (C=O) groups is 1. The molecule has 0 aliphatic heterocycles. The number of nitrogens with two attached hydrogens (primary N) is 1. The Kier molecular flexibility index (Phi) is 5.05. The fourth-order valence-corrected chi connectivity index (χ4v) is 2.08. The minimum atomic E-state index is -0.469. The third-order valence-corrected chi connectivity index (χ3v) is 3.02. The summed E-state index contributed by atoms with van der Waals surface area (Å²) in [6, 6.07) is 0. The van der Waals surface area contributed by atoms with E-state index < -0.39 is 5.60 Å². The van der Waals surface area contributed by atoms with Crippen molar-refractivity contribution in [2.45, 2.75) is 50.5 Å². The first kappa shape index (κ1) is 12.5. The predicted octanol–water partition coefficient (Wildman–Crippen LogP) is 0.537. The van der Waals surface area contributed by atoms with Crippen LogP contribution in [0.3, 0.4) is 0 Å². The van der Waals surface area contributed by atoms with E-state index in [0.29, 0.717) is 13.0 Å². The van der Waals surface area contributed by atoms with Gasteiger partial charge in [0.05, 0.1) is 5.60 Å². The molecule has 1 amide bonds. The molecule has 1 fully saturated rings. The van der Waals surface area contributed by atoms with E-state index in [4.69, 9.17) is 5.73 Å². The van der Waals surface area contributed by atoms with Crippen molar-refractivity contribution < 1.29 is 9.90 Å². The monoisotopic (exact) mass is 214 g/mol. The molecule has 4 nitrogen and oxygen atoms in total. The zero-order valence-electron chi connectivity index (χ0n) is 9.30. The number of amides is 1. The van der Waals surface area contributed by atoms with Gasteiger partial charge in [0.2, 0.25) is 5.91 Å². The van der Waals surface area contributed by atoms with Gasteiger partial charge in [-0.1, -0.05) is 12.8 Å². The van der Waals surface area contributed by atoms with Crippen LogP contribution in [-0.2, 0) is 4.79 Å². The summed E-state index contributed by atoms with van der Waals surface area (Å²) in [7, 11) is 0. The zero-order chi connectivity index (χ0) is 11.1. The number of hydrogen-bond donors (Lipinski definition) is 3. The van der Waals surface area contributed by atoms with Crippen LogP contribution in [0.25, 0.3) is 0 Å². The van der Waals surface area contributed by atoms with Gasteiger partial charge in [-0.3, -0.25) is 4.79 Å². The normalized spacial score (nSPS) is 19.3. The molecule has 0 aromatic heterocycles. The van der Waals surface area contributed by atoms with E-state index in [-0.39, 0.29) is 5.91 Å². The summed E-state index contributed by atoms with van der Waals surface area (Å²) >= 11 is 0. The molecule has 0 spiro atoms. The Morgan fingerprint density at radius 3 is 2.60 bits per heavy atom. The van der Waals surface area contributed by atoms with Crippen LogP contribution in [0.1, 0.15) is 44.9 Å². The van der Waals surface area contributed by atoms with E-state index in [9.17, 15) is 9.90 Å². The minimum absolute atomic E-state index is 0.232. The lowest BCUT2D eigenvalue weighted by molar-refractivity contribution is -0.118. The van der Waals surface area contributed by atoms with Crippen molar-refractivity contribution in [3.8, 4) is 0 Å². The predicted molar refractivity (Wildman–Crippen MR) is 59.3 cm³/mol. The van der Waals surface area contributed by atoms with Crippen LogP contribution in [0.2, 0.25) is 0 Å². The molecule has 0 radical (unpaired) electrons. The quantitative estimate of drug-likeness (QED) is 0.541. The van der Waals surface area contributed by atoms with Crippen molar-refractivity contribution in [2.75, 3.05) is 13.1 Å². The molecule has 4 heteroatoms. The Labute approximate surface area is 91.2 Å². The number of carbonyl (C=O) groups excluding carboxylic acids is 1. The van der Waals surface area contributed by atoms with E-state index in [1.807, 2.05) is 0 Å². The lowest BCUT2D eigenvalue weighted by atomic mass is 10.0. The van der Waals surface area contributed by atoms with Gasteiger partial charge < -0.3 is 16.2 Å². The molecule has 0 bridgehead atoms. The molecule has 88 valence electrons. The molecule has 0 aromatic carbocycles. The van der Waals surface area contributed by atoms with Crippen LogP contribution in [0.15, 0.2) is 0 Å². The lowest BCUT2D eigenvalue weighted by Crippen LogP contribution is -2.38. The molecule has 1 aliphatic rings. The van der Waals surface area contributed by atoms with Crippen LogP contribution in [-0.4, -0.2) is 29.7 Å². The van der Waals surface area contributed by atoms with Gasteiger partial charge in [0.15, 0.2) is 0 Å². The largest absolute Gasteiger partial charge is 0.389 e. The van der Waals surface area contributed by atoms with Gasteiger partial charge in [0.25, 0.3) is 0 Å². The topological polar surface area (TPSA) is 75.4 Å². The highest BCUT2D eigenvalue weighted by atomic mass is 16.3. The van der Waals surface area contributed by atoms with Crippen molar-refractivity contribution in [1.82, 2.24) is 5.32 Å². The zero-order valence-corrected chi connectivity index (χ0v) is 9.30. The maximum absolute atomic E-state index is 10.5. The Morgan fingerprint density at radius 2 is 2.00 bits per heavy atom. The summed E-state index contributed by atoms with van der Waals surface area (Å²) in [6.45, 7) is 1.54. The number of unbranched alkanes of at least 4 members (excludes halogenated alkanes) is 1. The van der Waals surface area contributed by atoms with Crippen LogP contribution in [0.4, 0.5) is 0 Å². The highest BCUT2D eigenvalue weighted by molar-refractivity contribution is 5.73. The van der Waals surface area contributed by atoms with Crippen LogP contribution in [0.5, 0.6) is 0 Å². The molecule has 0 saturated heterocycles. The van der Waals surface area contributed by atoms with E-state index >= 15 is 0 Å². The maximum atomic E-state index is 10.5. The van der Waals surface area contributed by atoms with Crippen molar-refractivity contribution in [1.29, 1.82) is 0 Å². The van der Waals surface area contributed by atoms with Gasteiger partial charge >= 0.3 is 0 Å². The average Bonchev–Trinajstić information content (AvgIpc) is 2.58. The number of primary amides is 1. The van der Waals surface area contributed by atoms with Gasteiger partial charge in [-0.2, -0.15) is 0 Å². The highest BCUT2D eigenvalue weighted by Crippen LogP contribution is 2.28. The lowest BCUT2D eigenvalue weighted by Gasteiger charge is -2.22. The van der Waals surface area contributed by atoms with Crippen molar-refractivity contribution in [2.24, 2.45) is 5.73 Å². The number of aliphatic hydroxyl groups is 1. The third kappa shape index (κ3) is 5.14. The van der Waals surface area contributed by atoms with Crippen molar-refractivity contribution in [3.05, 3.63) is 0 Å². The van der Waals surface area contributed by atoms with Gasteiger partial charge in [-0.25, -0.2) is 0 Å². The van der Waals surface area contributed by atoms with Gasteiger partial charge in [-0.15, -0.1) is 0 Å². The van der Waals surface area contributed by atoms with Crippen LogP contribution in [0, 0.1) is 0 Å². The SMILES string of the molecule is NC(=O)CCCCNCC1(O)CCCC1. The second kappa shape index (κ2) is 6.08. The van der Waals surface area contributed by atoms with E-state index in [2.05, 4.69) is 5.32 Å². The Morgan fingerprint density at radius 1 is 1.33 bits per heavy atom. The summed E-state index contributed by atoms with van der Waals surface area (Å²) in [4.78, 5) is 10.5. The van der Waals surface area contributed by atoms with Gasteiger partial charge in [-0.05, 0) is 32.2 Å². The molecule has 0 unspecified atom stereocenters. The second-order valence-corrected chi connectivity index (χ2v) is 4.53. The molecule has 0 atom stereocenters. The first-order valence-corrected chi connectivity index (χ1v) is 5.84. The summed E-state index contributed by atoms with van der Waals surface area (Å²) < 4.78 is 0. The second-order valence-electron chi connectivity index (χ2n) is 4.53. The molecule has 4 N–H and O–H groups in total. The molecule has 1 rings (SSSR count). The highest BCUT2D eigenvalue weighted by Gasteiger charge is 2.30. The van der Waals surface area contributed by atoms with Crippen molar-refractivity contribution in [3.63, 3.8) is 0 Å². The Hall–Kier alpha value is -0.610. The van der Waals surface area contributed by atoms with Gasteiger partial charge in [0, 0.05) is 13.0 Å². The molecule has 1 saturated carbocycles. The maximum Gasteiger partial charge on any atom is 0.217 e. The fourth-order valence-electron chi connectivity index (χ4n) is 2.08. The molecule has 0 heterocycles. The summed E-state index contributed by atoms with van der Waals surface area (Å²) in [5, 5.41) is 13.2. The van der Waals surface area contributed by atoms with E-state index in [1.165, 1.54) is 0 Å². The van der Waals surface area contributed by atoms with Gasteiger partial charge in [0.1, 0.15) is 0 Å². The molecule has 1 aliphatic carbocycles. The summed E-state index contributed by atoms with van der Waals surface area (Å²) in [5.74, 6) is -0.232. The van der Waals surface area contributed by atoms with Crippen molar-refractivity contribution >= 4 is 5.91 Å². The number of rotatable bonds is 7. The summed E-state index contributed by atoms with van der Waals surface area (Å²) in [5.41, 5.74) is 4.56. The first-order chi connectivity index (χ1) is 7.12. The van der Waals surface area contributed by atoms with E-state index in [0.717, 1.165) is 45.1 Å².